The summed E-state index contributed by atoms with van der Waals surface area (Å²) in [7, 11) is 0. The van der Waals surface area contributed by atoms with Crippen LogP contribution in [0.4, 0.5) is 4.79 Å². The molecule has 4 bridgehead atoms. The average molecular weight is 335 g/mol. The number of rotatable bonds is 3. The fourth-order valence-corrected chi connectivity index (χ4v) is 6.48. The van der Waals surface area contributed by atoms with Gasteiger partial charge in [-0.3, -0.25) is 4.90 Å². The molecule has 1 saturated heterocycles. The Labute approximate surface area is 143 Å². The summed E-state index contributed by atoms with van der Waals surface area (Å²) in [6.45, 7) is 4.61. The minimum absolute atomic E-state index is 0.0931. The number of carboxylic acids is 1. The molecule has 1 heterocycles. The molecule has 1 amide bonds. The number of aliphatic carboxylic acids is 1. The van der Waals surface area contributed by atoms with Crippen LogP contribution in [0.5, 0.6) is 0 Å². The molecule has 0 aromatic carbocycles. The molecule has 1 atom stereocenters. The first-order valence-corrected chi connectivity index (χ1v) is 9.52. The zero-order chi connectivity index (χ0) is 17.1. The van der Waals surface area contributed by atoms with Gasteiger partial charge in [0.25, 0.3) is 0 Å². The average Bonchev–Trinajstić information content (AvgIpc) is 2.94. The largest absolute Gasteiger partial charge is 0.480 e. The standard InChI is InChI=1S/C19H29NO4/c1-18(2,24-17(23)20-5-3-4-15(20)16(21)22)19-9-12-6-13(10-19)8-14(7-12)11-19/h12-15H,3-11H2,1-2H3,(H,21,22). The number of likely N-dealkylation sites (tertiary alicyclic amines) is 1. The highest BCUT2D eigenvalue weighted by Crippen LogP contribution is 2.64. The predicted octanol–water partition coefficient (Wildman–Crippen LogP) is 3.67. The van der Waals surface area contributed by atoms with Gasteiger partial charge in [0.05, 0.1) is 0 Å². The fraction of sp³-hybridized carbons (Fsp3) is 0.895. The lowest BCUT2D eigenvalue weighted by atomic mass is 9.46. The summed E-state index contributed by atoms with van der Waals surface area (Å²) in [6.07, 6.45) is 8.42. The fourth-order valence-electron chi connectivity index (χ4n) is 6.48. The molecule has 24 heavy (non-hydrogen) atoms. The van der Waals surface area contributed by atoms with Crippen LogP contribution in [0, 0.1) is 23.2 Å². The molecule has 5 aliphatic rings. The summed E-state index contributed by atoms with van der Waals surface area (Å²) in [5.74, 6) is 1.48. The van der Waals surface area contributed by atoms with E-state index in [1.807, 2.05) is 0 Å². The summed E-state index contributed by atoms with van der Waals surface area (Å²) < 4.78 is 6.01. The van der Waals surface area contributed by atoms with Crippen molar-refractivity contribution in [3.8, 4) is 0 Å². The Morgan fingerprint density at radius 3 is 2.12 bits per heavy atom. The van der Waals surface area contributed by atoms with Crippen LogP contribution >= 0.6 is 0 Å². The highest BCUT2D eigenvalue weighted by Gasteiger charge is 2.59. The molecule has 134 valence electrons. The molecule has 5 fully saturated rings. The second kappa shape index (κ2) is 5.37. The number of carboxylic acid groups (broad SMARTS) is 1. The summed E-state index contributed by atoms with van der Waals surface area (Å²) in [5.41, 5.74) is -0.429. The molecule has 5 nitrogen and oxygen atoms in total. The van der Waals surface area contributed by atoms with Crippen LogP contribution in [0.15, 0.2) is 0 Å². The van der Waals surface area contributed by atoms with Gasteiger partial charge in [0, 0.05) is 12.0 Å². The number of carbonyl (C=O) groups excluding carboxylic acids is 1. The maximum atomic E-state index is 12.7. The van der Waals surface area contributed by atoms with Gasteiger partial charge in [0.1, 0.15) is 11.6 Å². The number of nitrogens with zero attached hydrogens (tertiary/aromatic N) is 1. The predicted molar refractivity (Wildman–Crippen MR) is 88.5 cm³/mol. The molecule has 0 radical (unpaired) electrons. The van der Waals surface area contributed by atoms with Crippen molar-refractivity contribution in [2.45, 2.75) is 76.9 Å². The molecule has 5 heteroatoms. The zero-order valence-corrected chi connectivity index (χ0v) is 14.8. The highest BCUT2D eigenvalue weighted by molar-refractivity contribution is 5.80. The summed E-state index contributed by atoms with van der Waals surface area (Å²) in [4.78, 5) is 25.5. The van der Waals surface area contributed by atoms with E-state index in [2.05, 4.69) is 13.8 Å². The highest BCUT2D eigenvalue weighted by atomic mass is 16.6. The first-order chi connectivity index (χ1) is 11.3. The van der Waals surface area contributed by atoms with Gasteiger partial charge in [-0.05, 0) is 83.0 Å². The third-order valence-corrected chi connectivity index (χ3v) is 7.43. The van der Waals surface area contributed by atoms with E-state index in [0.29, 0.717) is 13.0 Å². The molecule has 1 N–H and O–H groups in total. The molecule has 1 aliphatic heterocycles. The van der Waals surface area contributed by atoms with Crippen molar-refractivity contribution in [1.29, 1.82) is 0 Å². The van der Waals surface area contributed by atoms with E-state index < -0.39 is 23.7 Å². The molecule has 4 aliphatic carbocycles. The molecule has 0 aromatic rings. The van der Waals surface area contributed by atoms with Crippen LogP contribution in [0.25, 0.3) is 0 Å². The monoisotopic (exact) mass is 335 g/mol. The van der Waals surface area contributed by atoms with Crippen molar-refractivity contribution in [3.63, 3.8) is 0 Å². The molecule has 5 rings (SSSR count). The van der Waals surface area contributed by atoms with Crippen LogP contribution < -0.4 is 0 Å². The van der Waals surface area contributed by atoms with E-state index in [-0.39, 0.29) is 5.41 Å². The summed E-state index contributed by atoms with van der Waals surface area (Å²) >= 11 is 0. The molecular weight excluding hydrogens is 306 g/mol. The third kappa shape index (κ3) is 2.42. The van der Waals surface area contributed by atoms with Gasteiger partial charge in [-0.25, -0.2) is 9.59 Å². The SMILES string of the molecule is CC(C)(OC(=O)N1CCCC1C(=O)O)C12CC3CC(CC(C3)C1)C2. The second-order valence-corrected chi connectivity index (χ2v) is 9.27. The maximum absolute atomic E-state index is 12.7. The van der Waals surface area contributed by atoms with Gasteiger partial charge in [-0.1, -0.05) is 0 Å². The van der Waals surface area contributed by atoms with Crippen molar-refractivity contribution in [2.75, 3.05) is 6.54 Å². The van der Waals surface area contributed by atoms with Crippen molar-refractivity contribution in [2.24, 2.45) is 23.2 Å². The molecule has 1 unspecified atom stereocenters. The van der Waals surface area contributed by atoms with Crippen LogP contribution in [-0.4, -0.2) is 40.3 Å². The smallest absolute Gasteiger partial charge is 0.411 e. The Morgan fingerprint density at radius 2 is 1.62 bits per heavy atom. The first kappa shape index (κ1) is 16.2. The Balaban J connectivity index is 1.51. The minimum Gasteiger partial charge on any atom is -0.480 e. The lowest BCUT2D eigenvalue weighted by Crippen LogP contribution is -2.58. The number of amides is 1. The van der Waals surface area contributed by atoms with Crippen molar-refractivity contribution in [1.82, 2.24) is 4.90 Å². The van der Waals surface area contributed by atoms with Crippen LogP contribution in [-0.2, 0) is 9.53 Å². The van der Waals surface area contributed by atoms with E-state index in [9.17, 15) is 14.7 Å². The van der Waals surface area contributed by atoms with Crippen LogP contribution in [0.3, 0.4) is 0 Å². The van der Waals surface area contributed by atoms with E-state index in [4.69, 9.17) is 4.74 Å². The van der Waals surface area contributed by atoms with Crippen molar-refractivity contribution in [3.05, 3.63) is 0 Å². The molecule has 4 saturated carbocycles. The lowest BCUT2D eigenvalue weighted by Gasteiger charge is -2.61. The van der Waals surface area contributed by atoms with Gasteiger partial charge in [0.2, 0.25) is 0 Å². The Kier molecular flexibility index (Phi) is 3.63. The summed E-state index contributed by atoms with van der Waals surface area (Å²) in [5, 5.41) is 9.31. The van der Waals surface area contributed by atoms with Gasteiger partial charge in [-0.2, -0.15) is 0 Å². The van der Waals surface area contributed by atoms with E-state index in [1.165, 1.54) is 43.4 Å². The van der Waals surface area contributed by atoms with Crippen LogP contribution in [0.1, 0.15) is 65.2 Å². The minimum atomic E-state index is -0.919. The Morgan fingerprint density at radius 1 is 1.08 bits per heavy atom. The third-order valence-electron chi connectivity index (χ3n) is 7.43. The number of ether oxygens (including phenoxy) is 1. The number of hydrogen-bond acceptors (Lipinski definition) is 3. The second-order valence-electron chi connectivity index (χ2n) is 9.27. The van der Waals surface area contributed by atoms with Gasteiger partial charge in [0.15, 0.2) is 0 Å². The quantitative estimate of drug-likeness (QED) is 0.854. The van der Waals surface area contributed by atoms with Crippen molar-refractivity contribution < 1.29 is 19.4 Å². The number of hydrogen-bond donors (Lipinski definition) is 1. The molecule has 0 spiro atoms. The van der Waals surface area contributed by atoms with Gasteiger partial charge in [-0.15, -0.1) is 0 Å². The van der Waals surface area contributed by atoms with E-state index >= 15 is 0 Å². The van der Waals surface area contributed by atoms with Gasteiger partial charge >= 0.3 is 12.1 Å². The Bertz CT molecular complexity index is 520. The molecule has 0 aromatic heterocycles. The summed E-state index contributed by atoms with van der Waals surface area (Å²) in [6, 6.07) is -0.718. The number of carbonyl (C=O) groups is 2. The van der Waals surface area contributed by atoms with E-state index in [1.54, 1.807) is 0 Å². The Hall–Kier alpha value is -1.26. The van der Waals surface area contributed by atoms with Gasteiger partial charge < -0.3 is 9.84 Å². The van der Waals surface area contributed by atoms with Crippen molar-refractivity contribution >= 4 is 12.1 Å². The zero-order valence-electron chi connectivity index (χ0n) is 14.8. The molecular formula is C19H29NO4. The topological polar surface area (TPSA) is 66.8 Å². The van der Waals surface area contributed by atoms with Crippen LogP contribution in [0.2, 0.25) is 0 Å². The maximum Gasteiger partial charge on any atom is 0.411 e. The lowest BCUT2D eigenvalue weighted by molar-refractivity contribution is -0.168. The normalized spacial score (nSPS) is 40.8. The first-order valence-electron chi connectivity index (χ1n) is 9.52. The van der Waals surface area contributed by atoms with E-state index in [0.717, 1.165) is 24.2 Å².